The summed E-state index contributed by atoms with van der Waals surface area (Å²) in [4.78, 5) is 13.0. The molecule has 0 aromatic carbocycles. The predicted octanol–water partition coefficient (Wildman–Crippen LogP) is 5.62. The lowest BCUT2D eigenvalue weighted by Crippen LogP contribution is -2.51. The molecule has 0 radical (unpaired) electrons. The van der Waals surface area contributed by atoms with Crippen LogP contribution in [0.2, 0.25) is 0 Å². The van der Waals surface area contributed by atoms with Crippen LogP contribution in [0, 0.1) is 0 Å². The van der Waals surface area contributed by atoms with Crippen molar-refractivity contribution < 1.29 is 61.5 Å². The van der Waals surface area contributed by atoms with Gasteiger partial charge in [-0.1, -0.05) is 0 Å². The van der Waals surface area contributed by atoms with Crippen LogP contribution in [0.1, 0.15) is 5.69 Å². The lowest BCUT2D eigenvalue weighted by molar-refractivity contribution is -0.350. The van der Waals surface area contributed by atoms with Gasteiger partial charge in [-0.15, -0.1) is 0 Å². The van der Waals surface area contributed by atoms with E-state index in [0.29, 0.717) is 12.0 Å². The molecular formula is C14H9F14IN6. The molecule has 200 valence electrons. The molecule has 0 saturated carbocycles. The molecule has 0 amide bonds. The number of hydrogen-bond acceptors (Lipinski definition) is 6. The van der Waals surface area contributed by atoms with Crippen LogP contribution in [0.5, 0.6) is 0 Å². The third-order valence-corrected chi connectivity index (χ3v) is 4.32. The number of halogens is 15. The lowest BCUT2D eigenvalue weighted by atomic mass is 10.0. The van der Waals surface area contributed by atoms with Gasteiger partial charge in [0.15, 0.2) is 0 Å². The van der Waals surface area contributed by atoms with Gasteiger partial charge in [-0.3, -0.25) is 9.97 Å². The summed E-state index contributed by atoms with van der Waals surface area (Å²) in [5, 5.41) is 0. The summed E-state index contributed by atoms with van der Waals surface area (Å²) < 4.78 is 160. The maximum atomic E-state index is 13.3. The number of alkyl halides is 15. The Morgan fingerprint density at radius 2 is 0.971 bits per heavy atom. The molecule has 6 nitrogen and oxygen atoms in total. The standard InChI is InChI=1S/C7H4F7N3.C4H5N3.C3F7I/c8-5(6(9,10)11,7(12,13)14)3-1-17-4(15)2-16-3;5-4-3-6-1-2-7-4;4-1(11,2(5,6)7)3(8,9)10/h1-2H,(H2,15,17);1-3H,(H2,5,7);. The Morgan fingerprint density at radius 1 is 0.543 bits per heavy atom. The highest BCUT2D eigenvalue weighted by Crippen LogP contribution is 2.52. The zero-order valence-electron chi connectivity index (χ0n) is 16.0. The minimum Gasteiger partial charge on any atom is -0.382 e. The summed E-state index contributed by atoms with van der Waals surface area (Å²) in [7, 11) is 0. The van der Waals surface area contributed by atoms with Crippen LogP contribution < -0.4 is 11.5 Å². The van der Waals surface area contributed by atoms with Crippen molar-refractivity contribution >= 4 is 34.2 Å². The molecule has 2 rings (SSSR count). The molecule has 0 aliphatic carbocycles. The van der Waals surface area contributed by atoms with Gasteiger partial charge >= 0.3 is 34.0 Å². The van der Waals surface area contributed by atoms with Crippen LogP contribution in [0.15, 0.2) is 31.0 Å². The fraction of sp³-hybridized carbons (Fsp3) is 0.429. The van der Waals surface area contributed by atoms with Crippen molar-refractivity contribution in [3.63, 3.8) is 0 Å². The average molecular weight is 654 g/mol. The quantitative estimate of drug-likeness (QED) is 0.235. The molecule has 2 aromatic rings. The van der Waals surface area contributed by atoms with Crippen molar-refractivity contribution in [1.29, 1.82) is 0 Å². The number of nitrogens with zero attached hydrogens (tertiary/aromatic N) is 4. The summed E-state index contributed by atoms with van der Waals surface area (Å²) in [6.45, 7) is 0. The van der Waals surface area contributed by atoms with E-state index in [-0.39, 0.29) is 28.8 Å². The van der Waals surface area contributed by atoms with E-state index in [9.17, 15) is 61.5 Å². The maximum absolute atomic E-state index is 13.3. The first kappa shape index (κ1) is 32.5. The predicted molar refractivity (Wildman–Crippen MR) is 97.8 cm³/mol. The first-order valence-corrected chi connectivity index (χ1v) is 8.90. The Bertz CT molecular complexity index is 879. The van der Waals surface area contributed by atoms with E-state index in [1.54, 1.807) is 12.4 Å². The normalized spacial score (nSPS) is 13.2. The second kappa shape index (κ2) is 11.1. The molecule has 0 aliphatic heterocycles. The van der Waals surface area contributed by atoms with E-state index in [4.69, 9.17) is 11.5 Å². The van der Waals surface area contributed by atoms with Gasteiger partial charge < -0.3 is 11.5 Å². The number of nitrogens with two attached hydrogens (primary N) is 2. The van der Waals surface area contributed by atoms with Gasteiger partial charge in [0, 0.05) is 12.4 Å². The Kier molecular flexibility index (Phi) is 10.3. The summed E-state index contributed by atoms with van der Waals surface area (Å²) in [6, 6.07) is 0. The molecule has 0 unspecified atom stereocenters. The van der Waals surface area contributed by atoms with E-state index in [0.717, 1.165) is 0 Å². The van der Waals surface area contributed by atoms with Gasteiger partial charge in [-0.05, 0) is 22.6 Å². The Balaban J connectivity index is 0.000000548. The molecular weight excluding hydrogens is 645 g/mol. The highest BCUT2D eigenvalue weighted by Gasteiger charge is 2.75. The largest absolute Gasteiger partial charge is 0.441 e. The molecule has 21 heteroatoms. The number of anilines is 2. The van der Waals surface area contributed by atoms with Crippen LogP contribution in [0.4, 0.5) is 73.1 Å². The Morgan fingerprint density at radius 3 is 1.17 bits per heavy atom. The minimum absolute atomic E-state index is 0.00366. The smallest absolute Gasteiger partial charge is 0.382 e. The van der Waals surface area contributed by atoms with E-state index < -0.39 is 45.6 Å². The van der Waals surface area contributed by atoms with Crippen LogP contribution >= 0.6 is 22.6 Å². The van der Waals surface area contributed by atoms with Crippen LogP contribution in [0.25, 0.3) is 0 Å². The fourth-order valence-electron chi connectivity index (χ4n) is 1.44. The molecule has 0 aliphatic rings. The van der Waals surface area contributed by atoms with Gasteiger partial charge in [0.25, 0.3) is 0 Å². The molecule has 0 saturated heterocycles. The van der Waals surface area contributed by atoms with Crippen molar-refractivity contribution in [3.05, 3.63) is 36.7 Å². The first-order valence-electron chi connectivity index (χ1n) is 7.82. The minimum atomic E-state index is -6.20. The van der Waals surface area contributed by atoms with Crippen molar-refractivity contribution in [1.82, 2.24) is 19.9 Å². The van der Waals surface area contributed by atoms with Crippen molar-refractivity contribution in [3.8, 4) is 0 Å². The van der Waals surface area contributed by atoms with Crippen molar-refractivity contribution in [2.75, 3.05) is 11.5 Å². The molecule has 2 heterocycles. The SMILES string of the molecule is FC(F)(F)C(F)(I)C(F)(F)F.Nc1cnc(C(F)(C(F)(F)F)C(F)(F)F)cn1.Nc1cnccn1. The van der Waals surface area contributed by atoms with Gasteiger partial charge in [-0.25, -0.2) is 18.7 Å². The zero-order valence-corrected chi connectivity index (χ0v) is 18.2. The third-order valence-electron chi connectivity index (χ3n) is 3.10. The Hall–Kier alpha value is -2.49. The molecule has 2 aromatic heterocycles. The number of rotatable bonds is 1. The van der Waals surface area contributed by atoms with Gasteiger partial charge in [0.05, 0.1) is 18.6 Å². The van der Waals surface area contributed by atoms with Gasteiger partial charge in [0.2, 0.25) is 0 Å². The van der Waals surface area contributed by atoms with E-state index in [1.165, 1.54) is 6.20 Å². The van der Waals surface area contributed by atoms with E-state index in [1.807, 2.05) is 0 Å². The number of hydrogen-bond donors (Lipinski definition) is 2. The van der Waals surface area contributed by atoms with Crippen molar-refractivity contribution in [2.24, 2.45) is 0 Å². The topological polar surface area (TPSA) is 104 Å². The number of nitrogen functional groups attached to an aromatic ring is 2. The second-order valence-electron chi connectivity index (χ2n) is 5.68. The van der Waals surface area contributed by atoms with Crippen LogP contribution in [0.3, 0.4) is 0 Å². The Labute approximate surface area is 198 Å². The molecule has 0 spiro atoms. The van der Waals surface area contributed by atoms with Crippen LogP contribution in [-0.2, 0) is 5.67 Å². The number of aromatic nitrogens is 4. The molecule has 35 heavy (non-hydrogen) atoms. The average Bonchev–Trinajstić information content (AvgIpc) is 2.66. The summed E-state index contributed by atoms with van der Waals surface area (Å²) in [6.07, 6.45) is -19.2. The van der Waals surface area contributed by atoms with Gasteiger partial charge in [0.1, 0.15) is 17.3 Å². The van der Waals surface area contributed by atoms with Gasteiger partial charge in [-0.2, -0.15) is 52.7 Å². The third kappa shape index (κ3) is 8.30. The monoisotopic (exact) mass is 654 g/mol. The molecule has 0 fully saturated rings. The van der Waals surface area contributed by atoms with Crippen LogP contribution in [-0.4, -0.2) is 48.3 Å². The highest BCUT2D eigenvalue weighted by atomic mass is 127. The maximum Gasteiger partial charge on any atom is 0.441 e. The zero-order chi connectivity index (χ0) is 28.1. The first-order chi connectivity index (χ1) is 15.4. The molecule has 0 atom stereocenters. The summed E-state index contributed by atoms with van der Waals surface area (Å²) in [5.74, 6) is 0.0305. The van der Waals surface area contributed by atoms with E-state index >= 15 is 0 Å². The fourth-order valence-corrected chi connectivity index (χ4v) is 1.44. The highest BCUT2D eigenvalue weighted by molar-refractivity contribution is 14.1. The van der Waals surface area contributed by atoms with E-state index in [2.05, 4.69) is 19.9 Å². The molecule has 0 bridgehead atoms. The lowest BCUT2D eigenvalue weighted by Gasteiger charge is -2.28. The van der Waals surface area contributed by atoms with Crippen molar-refractivity contribution in [2.45, 2.75) is 34.0 Å². The summed E-state index contributed by atoms with van der Waals surface area (Å²) >= 11 is -0.328. The molecule has 4 N–H and O–H groups in total. The second-order valence-corrected chi connectivity index (χ2v) is 7.17. The summed E-state index contributed by atoms with van der Waals surface area (Å²) in [5.41, 5.74) is 2.63.